The van der Waals surface area contributed by atoms with Crippen LogP contribution in [0.4, 0.5) is 4.39 Å². The summed E-state index contributed by atoms with van der Waals surface area (Å²) >= 11 is 3.36. The zero-order valence-electron chi connectivity index (χ0n) is 11.8. The first kappa shape index (κ1) is 14.9. The van der Waals surface area contributed by atoms with Gasteiger partial charge in [-0.25, -0.2) is 4.39 Å². The normalized spacial score (nSPS) is 23.5. The number of benzene rings is 1. The van der Waals surface area contributed by atoms with Crippen LogP contribution in [0.25, 0.3) is 0 Å². The number of halogens is 2. The summed E-state index contributed by atoms with van der Waals surface area (Å²) in [6, 6.07) is 5.66. The van der Waals surface area contributed by atoms with Crippen molar-refractivity contribution in [3.63, 3.8) is 0 Å². The summed E-state index contributed by atoms with van der Waals surface area (Å²) in [5.74, 6) is -0.174. The molecule has 1 aliphatic heterocycles. The zero-order valence-corrected chi connectivity index (χ0v) is 13.4. The van der Waals surface area contributed by atoms with E-state index in [4.69, 9.17) is 0 Å². The topological polar surface area (TPSA) is 15.3 Å². The Hall–Kier alpha value is -0.450. The number of hydrogen-bond acceptors (Lipinski definition) is 2. The summed E-state index contributed by atoms with van der Waals surface area (Å²) in [5, 5.41) is 3.57. The first-order valence-corrected chi connectivity index (χ1v) is 7.63. The van der Waals surface area contributed by atoms with Gasteiger partial charge in [-0.05, 0) is 44.0 Å². The first-order chi connectivity index (χ1) is 8.89. The van der Waals surface area contributed by atoms with Gasteiger partial charge in [0.25, 0.3) is 0 Å². The van der Waals surface area contributed by atoms with Crippen LogP contribution in [0.1, 0.15) is 32.8 Å². The van der Waals surface area contributed by atoms with Crippen molar-refractivity contribution in [1.29, 1.82) is 0 Å². The predicted octanol–water partition coefficient (Wildman–Crippen LogP) is 3.55. The van der Waals surface area contributed by atoms with E-state index in [0.29, 0.717) is 6.04 Å². The molecule has 1 aromatic carbocycles. The molecule has 1 saturated heterocycles. The summed E-state index contributed by atoms with van der Waals surface area (Å²) in [4.78, 5) is 2.46. The highest BCUT2D eigenvalue weighted by Crippen LogP contribution is 2.22. The van der Waals surface area contributed by atoms with Crippen LogP contribution in [-0.4, -0.2) is 29.6 Å². The van der Waals surface area contributed by atoms with Crippen LogP contribution in [0.15, 0.2) is 22.7 Å². The summed E-state index contributed by atoms with van der Waals surface area (Å²) in [5.41, 5.74) is 1.15. The molecule has 0 aromatic heterocycles. The van der Waals surface area contributed by atoms with Crippen molar-refractivity contribution in [3.05, 3.63) is 34.1 Å². The van der Waals surface area contributed by atoms with Crippen molar-refractivity contribution in [1.82, 2.24) is 10.2 Å². The summed E-state index contributed by atoms with van der Waals surface area (Å²) < 4.78 is 14.3. The molecule has 1 fully saturated rings. The highest BCUT2D eigenvalue weighted by atomic mass is 79.9. The van der Waals surface area contributed by atoms with Gasteiger partial charge in [0.05, 0.1) is 0 Å². The van der Waals surface area contributed by atoms with Crippen LogP contribution in [0.3, 0.4) is 0 Å². The van der Waals surface area contributed by atoms with Crippen molar-refractivity contribution < 1.29 is 4.39 Å². The van der Waals surface area contributed by atoms with Crippen molar-refractivity contribution in [2.75, 3.05) is 13.1 Å². The number of nitrogens with zero attached hydrogens (tertiary/aromatic N) is 1. The minimum atomic E-state index is -0.174. The van der Waals surface area contributed by atoms with Gasteiger partial charge in [-0.1, -0.05) is 22.9 Å². The third-order valence-corrected chi connectivity index (χ3v) is 4.17. The lowest BCUT2D eigenvalue weighted by Gasteiger charge is -2.44. The van der Waals surface area contributed by atoms with E-state index in [1.165, 1.54) is 6.07 Å². The molecule has 0 bridgehead atoms. The first-order valence-electron chi connectivity index (χ1n) is 6.83. The fourth-order valence-electron chi connectivity index (χ4n) is 2.74. The Kier molecular flexibility index (Phi) is 4.64. The van der Waals surface area contributed by atoms with Gasteiger partial charge < -0.3 is 5.32 Å². The molecule has 0 saturated carbocycles. The zero-order chi connectivity index (χ0) is 14.0. The van der Waals surface area contributed by atoms with E-state index in [1.54, 1.807) is 6.07 Å². The molecule has 4 heteroatoms. The smallest absolute Gasteiger partial charge is 0.124 e. The van der Waals surface area contributed by atoms with E-state index < -0.39 is 0 Å². The summed E-state index contributed by atoms with van der Waals surface area (Å²) in [6.45, 7) is 9.43. The second-order valence-electron chi connectivity index (χ2n) is 6.01. The van der Waals surface area contributed by atoms with Gasteiger partial charge >= 0.3 is 0 Å². The molecule has 1 atom stereocenters. The number of piperazine rings is 1. The molecular formula is C15H22BrFN2. The molecule has 0 spiro atoms. The van der Waals surface area contributed by atoms with E-state index in [0.717, 1.165) is 36.1 Å². The van der Waals surface area contributed by atoms with Crippen molar-refractivity contribution in [2.45, 2.75) is 45.3 Å². The highest BCUT2D eigenvalue weighted by Gasteiger charge is 2.31. The molecule has 0 radical (unpaired) electrons. The molecule has 2 rings (SSSR count). The maximum absolute atomic E-state index is 13.5. The average molecular weight is 329 g/mol. The number of hydrogen-bond donors (Lipinski definition) is 1. The Balaban J connectivity index is 2.14. The molecule has 106 valence electrons. The van der Waals surface area contributed by atoms with Crippen molar-refractivity contribution >= 4 is 15.9 Å². The van der Waals surface area contributed by atoms with Crippen LogP contribution < -0.4 is 5.32 Å². The Labute approximate surface area is 123 Å². The third kappa shape index (κ3) is 4.01. The van der Waals surface area contributed by atoms with Gasteiger partial charge in [0.15, 0.2) is 0 Å². The van der Waals surface area contributed by atoms with Crippen LogP contribution in [-0.2, 0) is 6.54 Å². The SMILES string of the molecule is CCC1CNC(C)(C)CN1Cc1cc(F)cc(Br)c1. The van der Waals surface area contributed by atoms with E-state index >= 15 is 0 Å². The monoisotopic (exact) mass is 328 g/mol. The Bertz CT molecular complexity index is 428. The quantitative estimate of drug-likeness (QED) is 0.912. The van der Waals surface area contributed by atoms with E-state index in [9.17, 15) is 4.39 Å². The molecule has 0 amide bonds. The lowest BCUT2D eigenvalue weighted by molar-refractivity contribution is 0.0857. The van der Waals surface area contributed by atoms with Crippen molar-refractivity contribution in [3.8, 4) is 0 Å². The number of rotatable bonds is 3. The van der Waals surface area contributed by atoms with Gasteiger partial charge in [0, 0.05) is 35.7 Å². The molecule has 19 heavy (non-hydrogen) atoms. The Morgan fingerprint density at radius 2 is 2.16 bits per heavy atom. The molecule has 1 aromatic rings. The standard InChI is InChI=1S/C15H22BrFN2/c1-4-14-8-18-15(2,3)10-19(14)9-11-5-12(16)7-13(17)6-11/h5-7,14,18H,4,8-10H2,1-3H3. The maximum atomic E-state index is 13.5. The largest absolute Gasteiger partial charge is 0.309 e. The maximum Gasteiger partial charge on any atom is 0.124 e. The number of nitrogens with one attached hydrogen (secondary N) is 1. The minimum Gasteiger partial charge on any atom is -0.309 e. The van der Waals surface area contributed by atoms with Gasteiger partial charge in [-0.2, -0.15) is 0 Å². The fraction of sp³-hybridized carbons (Fsp3) is 0.600. The van der Waals surface area contributed by atoms with Gasteiger partial charge in [-0.15, -0.1) is 0 Å². The van der Waals surface area contributed by atoms with Crippen molar-refractivity contribution in [2.24, 2.45) is 0 Å². The average Bonchev–Trinajstić information content (AvgIpc) is 2.26. The van der Waals surface area contributed by atoms with Gasteiger partial charge in [0.1, 0.15) is 5.82 Å². The summed E-state index contributed by atoms with van der Waals surface area (Å²) in [7, 11) is 0. The molecule has 1 N–H and O–H groups in total. The lowest BCUT2D eigenvalue weighted by atomic mass is 9.97. The van der Waals surface area contributed by atoms with Crippen LogP contribution >= 0.6 is 15.9 Å². The van der Waals surface area contributed by atoms with Gasteiger partial charge in [0.2, 0.25) is 0 Å². The van der Waals surface area contributed by atoms with E-state index in [-0.39, 0.29) is 11.4 Å². The highest BCUT2D eigenvalue weighted by molar-refractivity contribution is 9.10. The van der Waals surface area contributed by atoms with Crippen LogP contribution in [0.5, 0.6) is 0 Å². The predicted molar refractivity (Wildman–Crippen MR) is 80.7 cm³/mol. The Morgan fingerprint density at radius 3 is 2.79 bits per heavy atom. The molecule has 1 aliphatic rings. The van der Waals surface area contributed by atoms with E-state index in [2.05, 4.69) is 46.9 Å². The van der Waals surface area contributed by atoms with Gasteiger partial charge in [-0.3, -0.25) is 4.90 Å². The second kappa shape index (κ2) is 5.90. The Morgan fingerprint density at radius 1 is 1.42 bits per heavy atom. The molecule has 2 nitrogen and oxygen atoms in total. The van der Waals surface area contributed by atoms with E-state index in [1.807, 2.05) is 6.07 Å². The van der Waals surface area contributed by atoms with Crippen LogP contribution in [0.2, 0.25) is 0 Å². The molecular weight excluding hydrogens is 307 g/mol. The van der Waals surface area contributed by atoms with Crippen LogP contribution in [0, 0.1) is 5.82 Å². The summed E-state index contributed by atoms with van der Waals surface area (Å²) in [6.07, 6.45) is 1.11. The third-order valence-electron chi connectivity index (χ3n) is 3.71. The lowest BCUT2D eigenvalue weighted by Crippen LogP contribution is -2.60. The fourth-order valence-corrected chi connectivity index (χ4v) is 3.25. The molecule has 1 heterocycles. The minimum absolute atomic E-state index is 0.121. The molecule has 1 unspecified atom stereocenters. The second-order valence-corrected chi connectivity index (χ2v) is 6.93. The molecule has 0 aliphatic carbocycles.